The first-order chi connectivity index (χ1) is 15.2. The number of aromatic nitrogens is 1. The van der Waals surface area contributed by atoms with Crippen LogP contribution in [-0.2, 0) is 22.6 Å². The first kappa shape index (κ1) is 23.4. The van der Waals surface area contributed by atoms with Gasteiger partial charge in [-0.2, -0.15) is 0 Å². The lowest BCUT2D eigenvalue weighted by Crippen LogP contribution is -2.42. The Morgan fingerprint density at radius 2 is 1.88 bits per heavy atom. The van der Waals surface area contributed by atoms with Gasteiger partial charge in [-0.15, -0.1) is 0 Å². The largest absolute Gasteiger partial charge is 0.489 e. The summed E-state index contributed by atoms with van der Waals surface area (Å²) in [6.07, 6.45) is 1.20. The Bertz CT molecular complexity index is 1060. The summed E-state index contributed by atoms with van der Waals surface area (Å²) < 4.78 is 11.0. The summed E-state index contributed by atoms with van der Waals surface area (Å²) in [6, 6.07) is 15.3. The molecule has 0 aliphatic heterocycles. The highest BCUT2D eigenvalue weighted by atomic mass is 28.3. The fourth-order valence-corrected chi connectivity index (χ4v) is 3.93. The Labute approximate surface area is 188 Å². The first-order valence-electron chi connectivity index (χ1n) is 10.6. The fourth-order valence-electron chi connectivity index (χ4n) is 3.22. The second kappa shape index (κ2) is 10.4. The molecule has 3 aromatic rings. The van der Waals surface area contributed by atoms with Gasteiger partial charge in [-0.1, -0.05) is 50.0 Å². The van der Waals surface area contributed by atoms with Gasteiger partial charge in [-0.05, 0) is 29.3 Å². The molecule has 170 valence electrons. The second-order valence-corrected chi connectivity index (χ2v) is 14.6. The molecule has 0 fully saturated rings. The van der Waals surface area contributed by atoms with E-state index in [0.29, 0.717) is 19.0 Å². The molecule has 8 heteroatoms. The summed E-state index contributed by atoms with van der Waals surface area (Å²) in [7, 11) is -1.33. The van der Waals surface area contributed by atoms with Crippen molar-refractivity contribution in [1.82, 2.24) is 10.3 Å². The van der Waals surface area contributed by atoms with E-state index in [1.807, 2.05) is 48.5 Å². The molecular formula is C24H30N2O5Si. The van der Waals surface area contributed by atoms with Crippen LogP contribution in [0.1, 0.15) is 11.1 Å². The van der Waals surface area contributed by atoms with Crippen molar-refractivity contribution in [3.63, 3.8) is 0 Å². The van der Waals surface area contributed by atoms with Crippen molar-refractivity contribution < 1.29 is 24.2 Å². The van der Waals surface area contributed by atoms with Crippen molar-refractivity contribution in [2.75, 3.05) is 6.61 Å². The van der Waals surface area contributed by atoms with Crippen LogP contribution in [0.3, 0.4) is 0 Å². The summed E-state index contributed by atoms with van der Waals surface area (Å²) in [4.78, 5) is 26.9. The number of carboxylic acids is 1. The predicted molar refractivity (Wildman–Crippen MR) is 127 cm³/mol. The maximum atomic E-state index is 12.1. The third kappa shape index (κ3) is 6.88. The summed E-state index contributed by atoms with van der Waals surface area (Å²) >= 11 is 0. The van der Waals surface area contributed by atoms with Crippen molar-refractivity contribution in [2.45, 2.75) is 44.8 Å². The van der Waals surface area contributed by atoms with Crippen LogP contribution in [0.25, 0.3) is 10.9 Å². The number of carboxylic acid groups (broad SMARTS) is 1. The lowest BCUT2D eigenvalue weighted by Gasteiger charge is -2.17. The first-order valence-corrected chi connectivity index (χ1v) is 14.3. The molecule has 0 radical (unpaired) electrons. The minimum Gasteiger partial charge on any atom is -0.489 e. The van der Waals surface area contributed by atoms with Crippen LogP contribution in [0.2, 0.25) is 25.7 Å². The number of rotatable bonds is 10. The van der Waals surface area contributed by atoms with E-state index in [-0.39, 0.29) is 6.42 Å². The average Bonchev–Trinajstić information content (AvgIpc) is 3.13. The smallest absolute Gasteiger partial charge is 0.407 e. The Hall–Kier alpha value is -3.26. The Morgan fingerprint density at radius 1 is 1.12 bits per heavy atom. The molecule has 0 aliphatic carbocycles. The van der Waals surface area contributed by atoms with Crippen LogP contribution in [0.5, 0.6) is 5.75 Å². The van der Waals surface area contributed by atoms with Crippen LogP contribution in [-0.4, -0.2) is 42.9 Å². The minimum absolute atomic E-state index is 0.142. The normalized spacial score (nSPS) is 12.3. The molecule has 3 N–H and O–H groups in total. The number of amides is 1. The quantitative estimate of drug-likeness (QED) is 0.382. The van der Waals surface area contributed by atoms with Crippen LogP contribution < -0.4 is 10.1 Å². The topological polar surface area (TPSA) is 101 Å². The number of hydrogen-bond acceptors (Lipinski definition) is 4. The molecule has 3 rings (SSSR count). The molecule has 1 amide bonds. The summed E-state index contributed by atoms with van der Waals surface area (Å²) in [5.41, 5.74) is 2.71. The van der Waals surface area contributed by atoms with Crippen LogP contribution in [0.4, 0.5) is 4.79 Å². The number of carbonyl (C=O) groups is 2. The molecule has 1 heterocycles. The summed E-state index contributed by atoms with van der Waals surface area (Å²) in [5.74, 6) is -0.391. The van der Waals surface area contributed by atoms with E-state index in [2.05, 4.69) is 29.9 Å². The van der Waals surface area contributed by atoms with Gasteiger partial charge >= 0.3 is 12.1 Å². The molecular weight excluding hydrogens is 424 g/mol. The number of ether oxygens (including phenoxy) is 2. The van der Waals surface area contributed by atoms with Crippen molar-refractivity contribution >= 4 is 31.0 Å². The maximum absolute atomic E-state index is 12.1. The third-order valence-electron chi connectivity index (χ3n) is 5.09. The lowest BCUT2D eigenvalue weighted by molar-refractivity contribution is -0.139. The zero-order chi connectivity index (χ0) is 23.1. The van der Waals surface area contributed by atoms with Gasteiger partial charge in [0.2, 0.25) is 0 Å². The maximum Gasteiger partial charge on any atom is 0.407 e. The van der Waals surface area contributed by atoms with Gasteiger partial charge in [0.1, 0.15) is 18.4 Å². The van der Waals surface area contributed by atoms with E-state index in [4.69, 9.17) is 9.47 Å². The number of aliphatic carboxylic acids is 1. The SMILES string of the molecule is C[Si](C)(C)CCOC(=O)N[C@@H](Cc1c[nH]c2cc(OCc3ccccc3)ccc12)C(=O)O. The average molecular weight is 455 g/mol. The van der Waals surface area contributed by atoms with E-state index in [1.165, 1.54) is 0 Å². The van der Waals surface area contributed by atoms with Gasteiger partial charge in [-0.3, -0.25) is 0 Å². The van der Waals surface area contributed by atoms with E-state index < -0.39 is 26.2 Å². The molecule has 0 spiro atoms. The third-order valence-corrected chi connectivity index (χ3v) is 6.79. The molecule has 1 aromatic heterocycles. The minimum atomic E-state index is -1.33. The van der Waals surface area contributed by atoms with E-state index in [0.717, 1.165) is 28.1 Å². The van der Waals surface area contributed by atoms with Crippen LogP contribution >= 0.6 is 0 Å². The predicted octanol–water partition coefficient (Wildman–Crippen LogP) is 4.81. The number of H-pyrrole nitrogens is 1. The lowest BCUT2D eigenvalue weighted by atomic mass is 10.1. The van der Waals surface area contributed by atoms with E-state index in [9.17, 15) is 14.7 Å². The number of fused-ring (bicyclic) bond motifs is 1. The Morgan fingerprint density at radius 3 is 2.56 bits per heavy atom. The molecule has 1 atom stereocenters. The molecule has 0 saturated carbocycles. The van der Waals surface area contributed by atoms with Gasteiger partial charge in [0.25, 0.3) is 0 Å². The number of carbonyl (C=O) groups excluding carboxylic acids is 1. The molecule has 7 nitrogen and oxygen atoms in total. The van der Waals surface area contributed by atoms with Crippen molar-refractivity contribution in [2.24, 2.45) is 0 Å². The Kier molecular flexibility index (Phi) is 7.58. The van der Waals surface area contributed by atoms with Crippen molar-refractivity contribution in [1.29, 1.82) is 0 Å². The molecule has 0 bridgehead atoms. The highest BCUT2D eigenvalue weighted by Crippen LogP contribution is 2.25. The fraction of sp³-hybridized carbons (Fsp3) is 0.333. The monoisotopic (exact) mass is 454 g/mol. The zero-order valence-corrected chi connectivity index (χ0v) is 19.7. The molecule has 0 saturated heterocycles. The van der Waals surface area contributed by atoms with E-state index in [1.54, 1.807) is 6.20 Å². The van der Waals surface area contributed by atoms with Gasteiger partial charge < -0.3 is 24.9 Å². The molecule has 32 heavy (non-hydrogen) atoms. The molecule has 0 aliphatic rings. The highest BCUT2D eigenvalue weighted by molar-refractivity contribution is 6.76. The van der Waals surface area contributed by atoms with Gasteiger partial charge in [0.05, 0.1) is 6.61 Å². The van der Waals surface area contributed by atoms with E-state index >= 15 is 0 Å². The number of benzene rings is 2. The highest BCUT2D eigenvalue weighted by Gasteiger charge is 2.23. The standard InChI is InChI=1S/C24H30N2O5Si/c1-32(2,3)12-11-30-24(29)26-22(23(27)28)13-18-15-25-21-14-19(9-10-20(18)21)31-16-17-7-5-4-6-8-17/h4-10,14-15,22,25H,11-13,16H2,1-3H3,(H,26,29)(H,27,28)/t22-/m0/s1. The number of hydrogen-bond donors (Lipinski definition) is 3. The van der Waals surface area contributed by atoms with Gasteiger partial charge in [-0.25, -0.2) is 9.59 Å². The second-order valence-electron chi connectivity index (χ2n) is 8.98. The zero-order valence-electron chi connectivity index (χ0n) is 18.7. The van der Waals surface area contributed by atoms with Gasteiger partial charge in [0.15, 0.2) is 0 Å². The van der Waals surface area contributed by atoms with Crippen LogP contribution in [0.15, 0.2) is 54.7 Å². The number of nitrogens with one attached hydrogen (secondary N) is 2. The molecule has 0 unspecified atom stereocenters. The van der Waals surface area contributed by atoms with Crippen molar-refractivity contribution in [3.05, 3.63) is 65.9 Å². The Balaban J connectivity index is 1.61. The summed E-state index contributed by atoms with van der Waals surface area (Å²) in [5, 5.41) is 12.9. The number of aromatic amines is 1. The summed E-state index contributed by atoms with van der Waals surface area (Å²) in [6.45, 7) is 7.31. The molecule has 2 aromatic carbocycles. The van der Waals surface area contributed by atoms with Crippen molar-refractivity contribution in [3.8, 4) is 5.75 Å². The van der Waals surface area contributed by atoms with Gasteiger partial charge in [0, 0.05) is 37.7 Å². The van der Waals surface area contributed by atoms with Crippen LogP contribution in [0, 0.1) is 0 Å². The number of alkyl carbamates (subject to hydrolysis) is 1.